The summed E-state index contributed by atoms with van der Waals surface area (Å²) < 4.78 is 6.78. The van der Waals surface area contributed by atoms with Crippen molar-refractivity contribution in [2.24, 2.45) is 5.10 Å². The van der Waals surface area contributed by atoms with Crippen molar-refractivity contribution in [3.63, 3.8) is 0 Å². The summed E-state index contributed by atoms with van der Waals surface area (Å²) >= 11 is 3.44. The molecule has 0 aromatic heterocycles. The first-order chi connectivity index (χ1) is 14.5. The topological polar surface area (TPSA) is 79.8 Å². The van der Waals surface area contributed by atoms with Crippen LogP contribution in [0.4, 0.5) is 5.69 Å². The van der Waals surface area contributed by atoms with E-state index in [1.807, 2.05) is 48.5 Å². The van der Waals surface area contributed by atoms with Gasteiger partial charge in [0, 0.05) is 28.2 Å². The monoisotopic (exact) mass is 465 g/mol. The van der Waals surface area contributed by atoms with Gasteiger partial charge in [0.1, 0.15) is 12.4 Å². The highest BCUT2D eigenvalue weighted by Gasteiger charge is 2.06. The first-order valence-corrected chi connectivity index (χ1v) is 9.98. The van der Waals surface area contributed by atoms with Crippen molar-refractivity contribution in [1.29, 1.82) is 0 Å². The molecule has 3 aromatic rings. The van der Waals surface area contributed by atoms with Gasteiger partial charge in [0.2, 0.25) is 5.91 Å². The largest absolute Gasteiger partial charge is 0.488 e. The van der Waals surface area contributed by atoms with Crippen molar-refractivity contribution in [2.45, 2.75) is 13.5 Å². The Labute approximate surface area is 183 Å². The average Bonchev–Trinajstić information content (AvgIpc) is 2.74. The molecule has 0 spiro atoms. The van der Waals surface area contributed by atoms with E-state index in [2.05, 4.69) is 31.8 Å². The van der Waals surface area contributed by atoms with Crippen LogP contribution in [-0.4, -0.2) is 18.0 Å². The third kappa shape index (κ3) is 6.28. The van der Waals surface area contributed by atoms with Gasteiger partial charge in [-0.3, -0.25) is 9.59 Å². The van der Waals surface area contributed by atoms with Crippen molar-refractivity contribution in [2.75, 3.05) is 5.32 Å². The number of carbonyl (C=O) groups excluding carboxylic acids is 2. The Balaban J connectivity index is 1.64. The van der Waals surface area contributed by atoms with E-state index in [1.165, 1.54) is 13.1 Å². The molecule has 0 heterocycles. The molecule has 0 atom stereocenters. The molecule has 0 aliphatic carbocycles. The number of hydrogen-bond acceptors (Lipinski definition) is 4. The molecule has 0 unspecified atom stereocenters. The molecule has 0 fully saturated rings. The Morgan fingerprint density at radius 1 is 1.03 bits per heavy atom. The summed E-state index contributed by atoms with van der Waals surface area (Å²) in [6, 6.07) is 22.0. The summed E-state index contributed by atoms with van der Waals surface area (Å²) in [6.07, 6.45) is 1.54. The van der Waals surface area contributed by atoms with Gasteiger partial charge in [0.05, 0.1) is 6.21 Å². The maximum atomic E-state index is 12.3. The maximum absolute atomic E-state index is 12.3. The van der Waals surface area contributed by atoms with Crippen molar-refractivity contribution in [3.05, 3.63) is 94.0 Å². The minimum absolute atomic E-state index is 0.170. The third-order valence-corrected chi connectivity index (χ3v) is 4.54. The van der Waals surface area contributed by atoms with E-state index in [1.54, 1.807) is 24.3 Å². The number of anilines is 1. The van der Waals surface area contributed by atoms with Gasteiger partial charge in [0.25, 0.3) is 5.91 Å². The van der Waals surface area contributed by atoms with Gasteiger partial charge in [-0.25, -0.2) is 5.43 Å². The lowest BCUT2D eigenvalue weighted by atomic mass is 10.2. The highest BCUT2D eigenvalue weighted by molar-refractivity contribution is 9.10. The number of benzene rings is 3. The Morgan fingerprint density at radius 3 is 2.47 bits per heavy atom. The third-order valence-electron chi connectivity index (χ3n) is 4.05. The normalized spacial score (nSPS) is 10.6. The van der Waals surface area contributed by atoms with E-state index in [0.29, 0.717) is 23.6 Å². The molecular formula is C23H20BrN3O3. The molecule has 30 heavy (non-hydrogen) atoms. The number of nitrogens with zero attached hydrogens (tertiary/aromatic N) is 1. The van der Waals surface area contributed by atoms with Crippen LogP contribution in [0, 0.1) is 0 Å². The Morgan fingerprint density at radius 2 is 1.77 bits per heavy atom. The zero-order chi connectivity index (χ0) is 21.3. The predicted octanol–water partition coefficient (Wildman–Crippen LogP) is 4.75. The van der Waals surface area contributed by atoms with Gasteiger partial charge in [0.15, 0.2) is 0 Å². The fourth-order valence-electron chi connectivity index (χ4n) is 2.62. The van der Waals surface area contributed by atoms with E-state index < -0.39 is 0 Å². The lowest BCUT2D eigenvalue weighted by Crippen LogP contribution is -2.17. The first kappa shape index (κ1) is 21.3. The lowest BCUT2D eigenvalue weighted by molar-refractivity contribution is -0.114. The van der Waals surface area contributed by atoms with Crippen molar-refractivity contribution in [3.8, 4) is 5.75 Å². The quantitative estimate of drug-likeness (QED) is 0.390. The van der Waals surface area contributed by atoms with Crippen molar-refractivity contribution >= 4 is 39.6 Å². The van der Waals surface area contributed by atoms with Gasteiger partial charge in [-0.15, -0.1) is 0 Å². The number of hydrogen-bond donors (Lipinski definition) is 2. The molecule has 0 aliphatic rings. The lowest BCUT2D eigenvalue weighted by Gasteiger charge is -2.09. The second-order valence-electron chi connectivity index (χ2n) is 6.41. The van der Waals surface area contributed by atoms with Gasteiger partial charge >= 0.3 is 0 Å². The fraction of sp³-hybridized carbons (Fsp3) is 0.0870. The maximum Gasteiger partial charge on any atom is 0.271 e. The van der Waals surface area contributed by atoms with Crippen molar-refractivity contribution in [1.82, 2.24) is 5.43 Å². The molecule has 152 valence electrons. The van der Waals surface area contributed by atoms with Gasteiger partial charge in [-0.1, -0.05) is 46.3 Å². The van der Waals surface area contributed by atoms with E-state index in [9.17, 15) is 9.59 Å². The van der Waals surface area contributed by atoms with E-state index in [0.717, 1.165) is 15.6 Å². The number of amides is 2. The molecule has 6 nitrogen and oxygen atoms in total. The van der Waals surface area contributed by atoms with Crippen LogP contribution in [0.1, 0.15) is 28.4 Å². The predicted molar refractivity (Wildman–Crippen MR) is 121 cm³/mol. The highest BCUT2D eigenvalue weighted by atomic mass is 79.9. The van der Waals surface area contributed by atoms with Crippen LogP contribution in [-0.2, 0) is 11.4 Å². The number of carbonyl (C=O) groups is 2. The zero-order valence-electron chi connectivity index (χ0n) is 16.3. The number of halogens is 1. The molecule has 0 aliphatic heterocycles. The van der Waals surface area contributed by atoms with Crippen LogP contribution in [0.3, 0.4) is 0 Å². The minimum atomic E-state index is -0.359. The summed E-state index contributed by atoms with van der Waals surface area (Å²) in [5.74, 6) is 0.123. The number of rotatable bonds is 7. The minimum Gasteiger partial charge on any atom is -0.488 e. The Kier molecular flexibility index (Phi) is 7.34. The van der Waals surface area contributed by atoms with E-state index >= 15 is 0 Å². The number of nitrogens with one attached hydrogen (secondary N) is 2. The standard InChI is InChI=1S/C23H20BrN3O3/c1-16(28)26-21-10-7-18(8-11-21)23(29)27-25-14-19-13-20(24)9-12-22(19)30-15-17-5-3-2-4-6-17/h2-14H,15H2,1H3,(H,26,28)(H,27,29). The average molecular weight is 466 g/mol. The summed E-state index contributed by atoms with van der Waals surface area (Å²) in [5.41, 5.74) is 5.33. The molecule has 0 saturated heterocycles. The molecule has 7 heteroatoms. The highest BCUT2D eigenvalue weighted by Crippen LogP contribution is 2.23. The fourth-order valence-corrected chi connectivity index (χ4v) is 3.00. The molecule has 2 amide bonds. The van der Waals surface area contributed by atoms with Crippen LogP contribution in [0.15, 0.2) is 82.4 Å². The van der Waals surface area contributed by atoms with Crippen molar-refractivity contribution < 1.29 is 14.3 Å². The smallest absolute Gasteiger partial charge is 0.271 e. The molecule has 2 N–H and O–H groups in total. The van der Waals surface area contributed by atoms with Crippen LogP contribution in [0.2, 0.25) is 0 Å². The SMILES string of the molecule is CC(=O)Nc1ccc(C(=O)NN=Cc2cc(Br)ccc2OCc2ccccc2)cc1. The van der Waals surface area contributed by atoms with E-state index in [4.69, 9.17) is 4.74 Å². The molecule has 3 rings (SSSR count). The molecule has 0 radical (unpaired) electrons. The second-order valence-corrected chi connectivity index (χ2v) is 7.33. The van der Waals surface area contributed by atoms with Gasteiger partial charge in [-0.2, -0.15) is 5.10 Å². The molecular weight excluding hydrogens is 446 g/mol. The number of ether oxygens (including phenoxy) is 1. The Hall–Kier alpha value is -3.45. The summed E-state index contributed by atoms with van der Waals surface area (Å²) in [7, 11) is 0. The zero-order valence-corrected chi connectivity index (χ0v) is 17.8. The summed E-state index contributed by atoms with van der Waals surface area (Å²) in [6.45, 7) is 1.85. The Bertz CT molecular complexity index is 1050. The van der Waals surface area contributed by atoms with Crippen LogP contribution < -0.4 is 15.5 Å². The molecule has 0 saturated carbocycles. The van der Waals surface area contributed by atoms with Crippen LogP contribution in [0.25, 0.3) is 0 Å². The number of hydrazone groups is 1. The summed E-state index contributed by atoms with van der Waals surface area (Å²) in [4.78, 5) is 23.3. The van der Waals surface area contributed by atoms with Crippen LogP contribution >= 0.6 is 15.9 Å². The first-order valence-electron chi connectivity index (χ1n) is 9.18. The van der Waals surface area contributed by atoms with E-state index in [-0.39, 0.29) is 11.8 Å². The second kappa shape index (κ2) is 10.4. The molecule has 0 bridgehead atoms. The van der Waals surface area contributed by atoms with Crippen LogP contribution in [0.5, 0.6) is 5.75 Å². The van der Waals surface area contributed by atoms with Gasteiger partial charge in [-0.05, 0) is 48.0 Å². The van der Waals surface area contributed by atoms with Gasteiger partial charge < -0.3 is 10.1 Å². The molecule has 3 aromatic carbocycles. The summed E-state index contributed by atoms with van der Waals surface area (Å²) in [5, 5.41) is 6.70.